The van der Waals surface area contributed by atoms with E-state index < -0.39 is 0 Å². The molecule has 0 aliphatic carbocycles. The van der Waals surface area contributed by atoms with Gasteiger partial charge in [0.25, 0.3) is 0 Å². The second kappa shape index (κ2) is 7.39. The van der Waals surface area contributed by atoms with E-state index >= 15 is 0 Å². The van der Waals surface area contributed by atoms with Gasteiger partial charge in [0.2, 0.25) is 0 Å². The van der Waals surface area contributed by atoms with Crippen LogP contribution in [0.3, 0.4) is 0 Å². The van der Waals surface area contributed by atoms with E-state index in [2.05, 4.69) is 0 Å². The summed E-state index contributed by atoms with van der Waals surface area (Å²) >= 11 is 4.81. The predicted octanol–water partition coefficient (Wildman–Crippen LogP) is 2.68. The molecule has 0 heterocycles. The Bertz CT molecular complexity index is 533. The highest BCUT2D eigenvalue weighted by Gasteiger charge is 2.07. The Balaban J connectivity index is 3.19. The van der Waals surface area contributed by atoms with Crippen molar-refractivity contribution < 1.29 is 9.47 Å². The molecule has 4 nitrogen and oxygen atoms in total. The highest BCUT2D eigenvalue weighted by Crippen LogP contribution is 2.27. The quantitative estimate of drug-likeness (QED) is 0.491. The van der Waals surface area contributed by atoms with Crippen molar-refractivity contribution in [2.75, 3.05) is 13.2 Å². The first-order chi connectivity index (χ1) is 9.12. The summed E-state index contributed by atoms with van der Waals surface area (Å²) in [5.41, 5.74) is 6.47. The van der Waals surface area contributed by atoms with Gasteiger partial charge in [0.05, 0.1) is 18.8 Å². The molecule has 1 rings (SSSR count). The van der Waals surface area contributed by atoms with Crippen molar-refractivity contribution in [3.63, 3.8) is 0 Å². The van der Waals surface area contributed by atoms with Gasteiger partial charge in [-0.25, -0.2) is 0 Å². The molecule has 0 aliphatic rings. The topological polar surface area (TPSA) is 68.3 Å². The molecule has 0 atom stereocenters. The molecule has 100 valence electrons. The average molecular weight is 276 g/mol. The van der Waals surface area contributed by atoms with Gasteiger partial charge in [0.15, 0.2) is 0 Å². The number of ether oxygens (including phenoxy) is 2. The van der Waals surface area contributed by atoms with Crippen molar-refractivity contribution in [1.82, 2.24) is 0 Å². The minimum atomic E-state index is 0.0684. The van der Waals surface area contributed by atoms with E-state index in [9.17, 15) is 0 Å². The fourth-order valence-corrected chi connectivity index (χ4v) is 1.59. The smallest absolute Gasteiger partial charge is 0.130 e. The van der Waals surface area contributed by atoms with Crippen LogP contribution in [-0.2, 0) is 0 Å². The van der Waals surface area contributed by atoms with E-state index in [-0.39, 0.29) is 10.6 Å². The summed E-state index contributed by atoms with van der Waals surface area (Å²) in [6.07, 6.45) is 1.61. The average Bonchev–Trinajstić information content (AvgIpc) is 2.38. The molecule has 0 amide bonds. The van der Waals surface area contributed by atoms with Gasteiger partial charge >= 0.3 is 0 Å². The molecule has 0 saturated carbocycles. The summed E-state index contributed by atoms with van der Waals surface area (Å²) in [6, 6.07) is 7.38. The second-order valence-corrected chi connectivity index (χ2v) is 4.04. The number of hydrogen-bond acceptors (Lipinski definition) is 4. The number of hydrogen-bond donors (Lipinski definition) is 1. The maximum absolute atomic E-state index is 8.97. The van der Waals surface area contributed by atoms with Crippen LogP contribution in [0.2, 0.25) is 0 Å². The molecule has 19 heavy (non-hydrogen) atoms. The molecule has 0 radical (unpaired) electrons. The Morgan fingerprint density at radius 3 is 2.58 bits per heavy atom. The SMILES string of the molecule is CCOc1ccc(C=C(C#N)C(N)=S)c(OCC)c1. The van der Waals surface area contributed by atoms with Crippen molar-refractivity contribution in [2.24, 2.45) is 5.73 Å². The van der Waals surface area contributed by atoms with Crippen molar-refractivity contribution in [1.29, 1.82) is 5.26 Å². The van der Waals surface area contributed by atoms with Gasteiger partial charge in [-0.15, -0.1) is 0 Å². The standard InChI is InChI=1S/C14H16N2O2S/c1-3-17-12-6-5-10(13(8-12)18-4-2)7-11(9-15)14(16)19/h5-8H,3-4H2,1-2H3,(H2,16,19). The Morgan fingerprint density at radius 1 is 1.37 bits per heavy atom. The Labute approximate surface area is 118 Å². The van der Waals surface area contributed by atoms with Crippen LogP contribution in [0.25, 0.3) is 6.08 Å². The normalized spacial score (nSPS) is 10.7. The molecule has 0 unspecified atom stereocenters. The third-order valence-corrected chi connectivity index (χ3v) is 2.50. The van der Waals surface area contributed by atoms with Gasteiger partial charge in [-0.1, -0.05) is 12.2 Å². The summed E-state index contributed by atoms with van der Waals surface area (Å²) in [5, 5.41) is 8.97. The summed E-state index contributed by atoms with van der Waals surface area (Å²) < 4.78 is 10.9. The summed E-state index contributed by atoms with van der Waals surface area (Å²) in [4.78, 5) is 0.0684. The third-order valence-electron chi connectivity index (χ3n) is 2.28. The minimum Gasteiger partial charge on any atom is -0.494 e. The van der Waals surface area contributed by atoms with Crippen LogP contribution in [0.1, 0.15) is 19.4 Å². The number of benzene rings is 1. The van der Waals surface area contributed by atoms with Crippen molar-refractivity contribution >= 4 is 23.3 Å². The Kier molecular flexibility index (Phi) is 5.83. The molecule has 2 N–H and O–H groups in total. The Morgan fingerprint density at radius 2 is 2.05 bits per heavy atom. The molecule has 0 fully saturated rings. The van der Waals surface area contributed by atoms with E-state index in [1.54, 1.807) is 12.1 Å². The molecule has 0 spiro atoms. The first-order valence-corrected chi connectivity index (χ1v) is 6.34. The first-order valence-electron chi connectivity index (χ1n) is 5.93. The molecule has 5 heteroatoms. The summed E-state index contributed by atoms with van der Waals surface area (Å²) in [6.45, 7) is 4.90. The molecule has 0 aliphatic heterocycles. The maximum Gasteiger partial charge on any atom is 0.130 e. The van der Waals surface area contributed by atoms with Gasteiger partial charge in [-0.05, 0) is 32.1 Å². The van der Waals surface area contributed by atoms with Crippen molar-refractivity contribution in [3.05, 3.63) is 29.3 Å². The number of nitrogens with two attached hydrogens (primary N) is 1. The van der Waals surface area contributed by atoms with Crippen molar-refractivity contribution in [3.8, 4) is 17.6 Å². The molecule has 0 aromatic heterocycles. The summed E-state index contributed by atoms with van der Waals surface area (Å²) in [5.74, 6) is 1.36. The zero-order chi connectivity index (χ0) is 14.3. The number of rotatable bonds is 6. The highest BCUT2D eigenvalue weighted by molar-refractivity contribution is 7.80. The molecule has 1 aromatic rings. The van der Waals surface area contributed by atoms with E-state index in [0.717, 1.165) is 11.3 Å². The number of nitriles is 1. The van der Waals surface area contributed by atoms with Crippen LogP contribution in [0.5, 0.6) is 11.5 Å². The first kappa shape index (κ1) is 15.0. The second-order valence-electron chi connectivity index (χ2n) is 3.60. The van der Waals surface area contributed by atoms with Crippen LogP contribution >= 0.6 is 12.2 Å². The van der Waals surface area contributed by atoms with Crippen LogP contribution in [0, 0.1) is 11.3 Å². The minimum absolute atomic E-state index is 0.0684. The highest BCUT2D eigenvalue weighted by atomic mass is 32.1. The lowest BCUT2D eigenvalue weighted by molar-refractivity contribution is 0.322. The lowest BCUT2D eigenvalue weighted by atomic mass is 10.1. The van der Waals surface area contributed by atoms with Gasteiger partial charge in [-0.3, -0.25) is 0 Å². The van der Waals surface area contributed by atoms with Crippen LogP contribution < -0.4 is 15.2 Å². The van der Waals surface area contributed by atoms with E-state index in [4.69, 9.17) is 32.7 Å². The fraction of sp³-hybridized carbons (Fsp3) is 0.286. The third kappa shape index (κ3) is 4.27. The molecule has 0 saturated heterocycles. The maximum atomic E-state index is 8.97. The van der Waals surface area contributed by atoms with Crippen LogP contribution in [0.15, 0.2) is 23.8 Å². The lowest BCUT2D eigenvalue weighted by Gasteiger charge is -2.10. The fourth-order valence-electron chi connectivity index (χ4n) is 1.48. The lowest BCUT2D eigenvalue weighted by Crippen LogP contribution is -2.09. The monoisotopic (exact) mass is 276 g/mol. The van der Waals surface area contributed by atoms with Gasteiger partial charge in [-0.2, -0.15) is 5.26 Å². The Hall–Kier alpha value is -2.06. The zero-order valence-corrected chi connectivity index (χ0v) is 11.8. The van der Waals surface area contributed by atoms with Crippen LogP contribution in [0.4, 0.5) is 0 Å². The van der Waals surface area contributed by atoms with E-state index in [1.165, 1.54) is 0 Å². The van der Waals surface area contributed by atoms with E-state index in [0.29, 0.717) is 19.0 Å². The largest absolute Gasteiger partial charge is 0.494 e. The summed E-state index contributed by atoms with van der Waals surface area (Å²) in [7, 11) is 0. The molecular weight excluding hydrogens is 260 g/mol. The molecular formula is C14H16N2O2S. The van der Waals surface area contributed by atoms with Crippen molar-refractivity contribution in [2.45, 2.75) is 13.8 Å². The predicted molar refractivity (Wildman–Crippen MR) is 79.2 cm³/mol. The molecule has 0 bridgehead atoms. The molecule has 1 aromatic carbocycles. The van der Waals surface area contributed by atoms with Crippen LogP contribution in [-0.4, -0.2) is 18.2 Å². The number of nitrogens with zero attached hydrogens (tertiary/aromatic N) is 1. The van der Waals surface area contributed by atoms with Gasteiger partial charge < -0.3 is 15.2 Å². The number of thiocarbonyl (C=S) groups is 1. The zero-order valence-electron chi connectivity index (χ0n) is 11.0. The van der Waals surface area contributed by atoms with Gasteiger partial charge in [0, 0.05) is 11.6 Å². The van der Waals surface area contributed by atoms with E-state index in [1.807, 2.05) is 32.0 Å². The van der Waals surface area contributed by atoms with Gasteiger partial charge in [0.1, 0.15) is 22.6 Å².